The molecule has 1 amide bonds. The van der Waals surface area contributed by atoms with Crippen molar-refractivity contribution in [3.63, 3.8) is 0 Å². The zero-order chi connectivity index (χ0) is 16.1. The number of hydrogen-bond acceptors (Lipinski definition) is 2. The number of rotatable bonds is 5. The summed E-state index contributed by atoms with van der Waals surface area (Å²) in [6.07, 6.45) is 0. The number of carbonyl (C=O) groups is 1. The van der Waals surface area contributed by atoms with Crippen molar-refractivity contribution < 1.29 is 9.53 Å². The van der Waals surface area contributed by atoms with Crippen molar-refractivity contribution in [2.45, 2.75) is 20.8 Å². The van der Waals surface area contributed by atoms with E-state index in [1.54, 1.807) is 6.07 Å². The van der Waals surface area contributed by atoms with E-state index in [1.165, 1.54) is 5.56 Å². The molecular weight excluding hydrogens is 298 g/mol. The molecule has 0 unspecified atom stereocenters. The Bertz CT molecular complexity index is 683. The number of halogens is 1. The van der Waals surface area contributed by atoms with E-state index in [1.807, 2.05) is 51.1 Å². The molecular formula is C18H20ClNO2. The highest BCUT2D eigenvalue weighted by atomic mass is 35.5. The first-order valence-electron chi connectivity index (χ1n) is 7.22. The van der Waals surface area contributed by atoms with Gasteiger partial charge in [0.1, 0.15) is 12.4 Å². The van der Waals surface area contributed by atoms with E-state index < -0.39 is 0 Å². The lowest BCUT2D eigenvalue weighted by Crippen LogP contribution is -2.28. The number of amides is 1. The number of aryl methyl sites for hydroxylation is 3. The molecule has 22 heavy (non-hydrogen) atoms. The molecule has 0 spiro atoms. The number of hydrogen-bond donors (Lipinski definition) is 1. The fourth-order valence-electron chi connectivity index (χ4n) is 2.03. The molecule has 0 fully saturated rings. The lowest BCUT2D eigenvalue weighted by atomic mass is 10.1. The highest BCUT2D eigenvalue weighted by Gasteiger charge is 2.06. The number of ether oxygens (including phenoxy) is 1. The predicted octanol–water partition coefficient (Wildman–Crippen LogP) is 4.07. The van der Waals surface area contributed by atoms with Crippen molar-refractivity contribution in [1.29, 1.82) is 0 Å². The van der Waals surface area contributed by atoms with Gasteiger partial charge >= 0.3 is 0 Å². The van der Waals surface area contributed by atoms with E-state index in [0.29, 0.717) is 29.5 Å². The Morgan fingerprint density at radius 1 is 1.09 bits per heavy atom. The van der Waals surface area contributed by atoms with Crippen LogP contribution in [0, 0.1) is 20.8 Å². The average molecular weight is 318 g/mol. The predicted molar refractivity (Wildman–Crippen MR) is 89.9 cm³/mol. The first-order valence-corrected chi connectivity index (χ1v) is 7.59. The normalized spacial score (nSPS) is 10.4. The maximum absolute atomic E-state index is 12.0. The first kappa shape index (κ1) is 16.4. The highest BCUT2D eigenvalue weighted by Crippen LogP contribution is 2.24. The molecule has 116 valence electrons. The molecule has 2 rings (SSSR count). The van der Waals surface area contributed by atoms with E-state index >= 15 is 0 Å². The van der Waals surface area contributed by atoms with Gasteiger partial charge in [0.25, 0.3) is 5.91 Å². The third-order valence-corrected chi connectivity index (χ3v) is 3.81. The van der Waals surface area contributed by atoms with Crippen LogP contribution in [0.4, 0.5) is 0 Å². The summed E-state index contributed by atoms with van der Waals surface area (Å²) < 4.78 is 5.60. The van der Waals surface area contributed by atoms with Gasteiger partial charge in [-0.2, -0.15) is 0 Å². The van der Waals surface area contributed by atoms with Gasteiger partial charge in [-0.1, -0.05) is 23.7 Å². The Labute approximate surface area is 136 Å². The summed E-state index contributed by atoms with van der Waals surface area (Å²) >= 11 is 6.05. The van der Waals surface area contributed by atoms with Crippen LogP contribution in [-0.2, 0) is 0 Å². The Morgan fingerprint density at radius 3 is 2.59 bits per heavy atom. The third kappa shape index (κ3) is 4.25. The Kier molecular flexibility index (Phi) is 5.45. The van der Waals surface area contributed by atoms with Gasteiger partial charge in [0.15, 0.2) is 0 Å². The fourth-order valence-corrected chi connectivity index (χ4v) is 2.20. The molecule has 0 bridgehead atoms. The SMILES string of the molecule is Cc1ccc(Cl)c(OCCNC(=O)c2ccc(C)c(C)c2)c1. The van der Waals surface area contributed by atoms with Crippen molar-refractivity contribution in [3.05, 3.63) is 63.7 Å². The molecule has 0 saturated carbocycles. The number of nitrogens with one attached hydrogen (secondary N) is 1. The van der Waals surface area contributed by atoms with Gasteiger partial charge in [0.2, 0.25) is 0 Å². The molecule has 0 atom stereocenters. The van der Waals surface area contributed by atoms with Crippen LogP contribution in [-0.4, -0.2) is 19.1 Å². The second kappa shape index (κ2) is 7.32. The molecule has 0 saturated heterocycles. The van der Waals surface area contributed by atoms with Gasteiger partial charge in [0.05, 0.1) is 11.6 Å². The van der Waals surface area contributed by atoms with Crippen LogP contribution in [0.15, 0.2) is 36.4 Å². The van der Waals surface area contributed by atoms with E-state index in [0.717, 1.165) is 11.1 Å². The minimum Gasteiger partial charge on any atom is -0.490 e. The van der Waals surface area contributed by atoms with Gasteiger partial charge in [0, 0.05) is 5.56 Å². The van der Waals surface area contributed by atoms with Gasteiger partial charge in [-0.25, -0.2) is 0 Å². The molecule has 0 aromatic heterocycles. The maximum Gasteiger partial charge on any atom is 0.251 e. The standard InChI is InChI=1S/C18H20ClNO2/c1-12-4-7-16(19)17(10-12)22-9-8-20-18(21)15-6-5-13(2)14(3)11-15/h4-7,10-11H,8-9H2,1-3H3,(H,20,21). The van der Waals surface area contributed by atoms with Crippen LogP contribution >= 0.6 is 11.6 Å². The molecule has 3 nitrogen and oxygen atoms in total. The van der Waals surface area contributed by atoms with Crippen molar-refractivity contribution in [3.8, 4) is 5.75 Å². The zero-order valence-electron chi connectivity index (χ0n) is 13.1. The molecule has 2 aromatic rings. The monoisotopic (exact) mass is 317 g/mol. The molecule has 0 aliphatic rings. The van der Waals surface area contributed by atoms with Gasteiger partial charge in [-0.3, -0.25) is 4.79 Å². The minimum atomic E-state index is -0.0953. The van der Waals surface area contributed by atoms with E-state index in [4.69, 9.17) is 16.3 Å². The van der Waals surface area contributed by atoms with Gasteiger partial charge in [-0.05, 0) is 61.7 Å². The molecule has 0 aliphatic heterocycles. The van der Waals surface area contributed by atoms with E-state index in [9.17, 15) is 4.79 Å². The topological polar surface area (TPSA) is 38.3 Å². The second-order valence-electron chi connectivity index (χ2n) is 5.34. The van der Waals surface area contributed by atoms with Gasteiger partial charge in [-0.15, -0.1) is 0 Å². The molecule has 0 aliphatic carbocycles. The summed E-state index contributed by atoms with van der Waals surface area (Å²) in [5.41, 5.74) is 4.03. The van der Waals surface area contributed by atoms with Crippen LogP contribution in [0.25, 0.3) is 0 Å². The number of carbonyl (C=O) groups excluding carboxylic acids is 1. The largest absolute Gasteiger partial charge is 0.490 e. The minimum absolute atomic E-state index is 0.0953. The Hall–Kier alpha value is -2.00. The van der Waals surface area contributed by atoms with Crippen molar-refractivity contribution in [1.82, 2.24) is 5.32 Å². The molecule has 4 heteroatoms. The smallest absolute Gasteiger partial charge is 0.251 e. The number of benzene rings is 2. The molecule has 2 aromatic carbocycles. The van der Waals surface area contributed by atoms with Crippen LogP contribution in [0.3, 0.4) is 0 Å². The molecule has 0 radical (unpaired) electrons. The van der Waals surface area contributed by atoms with Crippen LogP contribution in [0.2, 0.25) is 5.02 Å². The van der Waals surface area contributed by atoms with Crippen molar-refractivity contribution in [2.24, 2.45) is 0 Å². The third-order valence-electron chi connectivity index (χ3n) is 3.50. The Morgan fingerprint density at radius 2 is 1.86 bits per heavy atom. The van der Waals surface area contributed by atoms with E-state index in [2.05, 4.69) is 5.32 Å². The van der Waals surface area contributed by atoms with E-state index in [-0.39, 0.29) is 5.91 Å². The highest BCUT2D eigenvalue weighted by molar-refractivity contribution is 6.32. The quantitative estimate of drug-likeness (QED) is 0.844. The summed E-state index contributed by atoms with van der Waals surface area (Å²) in [6.45, 7) is 6.80. The summed E-state index contributed by atoms with van der Waals surface area (Å²) in [5.74, 6) is 0.545. The van der Waals surface area contributed by atoms with Crippen LogP contribution < -0.4 is 10.1 Å². The average Bonchev–Trinajstić information content (AvgIpc) is 2.49. The summed E-state index contributed by atoms with van der Waals surface area (Å²) in [5, 5.41) is 3.42. The lowest BCUT2D eigenvalue weighted by molar-refractivity contribution is 0.0947. The van der Waals surface area contributed by atoms with Crippen LogP contribution in [0.1, 0.15) is 27.0 Å². The lowest BCUT2D eigenvalue weighted by Gasteiger charge is -2.10. The zero-order valence-corrected chi connectivity index (χ0v) is 13.8. The fraction of sp³-hybridized carbons (Fsp3) is 0.278. The van der Waals surface area contributed by atoms with Gasteiger partial charge < -0.3 is 10.1 Å². The molecule has 1 N–H and O–H groups in total. The second-order valence-corrected chi connectivity index (χ2v) is 5.74. The van der Waals surface area contributed by atoms with Crippen molar-refractivity contribution in [2.75, 3.05) is 13.2 Å². The summed E-state index contributed by atoms with van der Waals surface area (Å²) in [6, 6.07) is 11.3. The molecule has 0 heterocycles. The van der Waals surface area contributed by atoms with Crippen molar-refractivity contribution >= 4 is 17.5 Å². The maximum atomic E-state index is 12.0. The summed E-state index contributed by atoms with van der Waals surface area (Å²) in [7, 11) is 0. The summed E-state index contributed by atoms with van der Waals surface area (Å²) in [4.78, 5) is 12.0. The van der Waals surface area contributed by atoms with Crippen LogP contribution in [0.5, 0.6) is 5.75 Å². The Balaban J connectivity index is 1.84. The first-order chi connectivity index (χ1) is 10.5.